The van der Waals surface area contributed by atoms with E-state index in [1.165, 1.54) is 52.0 Å². The third kappa shape index (κ3) is 5.84. The molecule has 102 valence electrons. The van der Waals surface area contributed by atoms with Crippen molar-refractivity contribution in [1.29, 1.82) is 0 Å². The second kappa shape index (κ2) is 8.06. The number of likely N-dealkylation sites (N-methyl/N-ethyl adjacent to an activating group) is 1. The fourth-order valence-electron chi connectivity index (χ4n) is 2.56. The first-order valence-electron chi connectivity index (χ1n) is 7.24. The molecule has 0 spiro atoms. The van der Waals surface area contributed by atoms with Crippen LogP contribution in [-0.4, -0.2) is 62.7 Å². The Morgan fingerprint density at radius 2 is 1.94 bits per heavy atom. The largest absolute Gasteiger partial charge is 0.314 e. The molecule has 0 amide bonds. The Balaban J connectivity index is 2.16. The van der Waals surface area contributed by atoms with Crippen LogP contribution in [0.4, 0.5) is 0 Å². The second-order valence-electron chi connectivity index (χ2n) is 5.73. The molecule has 3 nitrogen and oxygen atoms in total. The summed E-state index contributed by atoms with van der Waals surface area (Å²) < 4.78 is 0. The first kappa shape index (κ1) is 14.9. The van der Waals surface area contributed by atoms with E-state index in [4.69, 9.17) is 0 Å². The summed E-state index contributed by atoms with van der Waals surface area (Å²) in [5.74, 6) is 0.886. The molecule has 0 aromatic rings. The van der Waals surface area contributed by atoms with E-state index in [1.54, 1.807) is 0 Å². The maximum absolute atomic E-state index is 3.64. The van der Waals surface area contributed by atoms with Crippen LogP contribution in [-0.2, 0) is 0 Å². The summed E-state index contributed by atoms with van der Waals surface area (Å²) in [6, 6.07) is 0.700. The summed E-state index contributed by atoms with van der Waals surface area (Å²) in [5.41, 5.74) is 0. The third-order valence-electron chi connectivity index (χ3n) is 3.92. The van der Waals surface area contributed by atoms with E-state index in [9.17, 15) is 0 Å². The molecular formula is C14H31N3. The molecule has 0 bridgehead atoms. The maximum Gasteiger partial charge on any atom is 0.0109 e. The van der Waals surface area contributed by atoms with Gasteiger partial charge < -0.3 is 15.1 Å². The Kier molecular flexibility index (Phi) is 7.09. The molecule has 17 heavy (non-hydrogen) atoms. The highest BCUT2D eigenvalue weighted by molar-refractivity contribution is 4.79. The van der Waals surface area contributed by atoms with Gasteiger partial charge in [0, 0.05) is 19.1 Å². The Bertz CT molecular complexity index is 186. The van der Waals surface area contributed by atoms with Crippen LogP contribution in [0.1, 0.15) is 33.1 Å². The van der Waals surface area contributed by atoms with Gasteiger partial charge in [0.15, 0.2) is 0 Å². The molecule has 3 heteroatoms. The number of rotatable bonds is 7. The van der Waals surface area contributed by atoms with E-state index in [1.807, 2.05) is 0 Å². The van der Waals surface area contributed by atoms with E-state index in [0.717, 1.165) is 5.92 Å². The molecule has 0 saturated carbocycles. The van der Waals surface area contributed by atoms with Crippen LogP contribution in [0.3, 0.4) is 0 Å². The van der Waals surface area contributed by atoms with Crippen LogP contribution in [0.15, 0.2) is 0 Å². The molecule has 1 unspecified atom stereocenters. The van der Waals surface area contributed by atoms with Crippen molar-refractivity contribution in [3.05, 3.63) is 0 Å². The predicted octanol–water partition coefficient (Wildman–Crippen LogP) is 1.65. The van der Waals surface area contributed by atoms with Crippen molar-refractivity contribution in [1.82, 2.24) is 15.1 Å². The van der Waals surface area contributed by atoms with Crippen LogP contribution in [0.5, 0.6) is 0 Å². The van der Waals surface area contributed by atoms with Crippen molar-refractivity contribution in [2.45, 2.75) is 39.2 Å². The molecule has 0 aliphatic carbocycles. The number of likely N-dealkylation sites (tertiary alicyclic amines) is 1. The van der Waals surface area contributed by atoms with E-state index in [2.05, 4.69) is 43.1 Å². The minimum absolute atomic E-state index is 0.700. The summed E-state index contributed by atoms with van der Waals surface area (Å²) in [7, 11) is 4.31. The van der Waals surface area contributed by atoms with Crippen molar-refractivity contribution in [2.24, 2.45) is 5.92 Å². The molecule has 1 N–H and O–H groups in total. The number of nitrogens with zero attached hydrogens (tertiary/aromatic N) is 2. The topological polar surface area (TPSA) is 18.5 Å². The summed E-state index contributed by atoms with van der Waals surface area (Å²) >= 11 is 0. The monoisotopic (exact) mass is 241 g/mol. The van der Waals surface area contributed by atoms with Gasteiger partial charge in [0.25, 0.3) is 0 Å². The number of nitrogens with one attached hydrogen (secondary N) is 1. The molecular weight excluding hydrogens is 210 g/mol. The molecule has 1 rings (SSSR count). The zero-order valence-electron chi connectivity index (χ0n) is 12.2. The molecule has 0 aromatic carbocycles. The minimum atomic E-state index is 0.700. The Morgan fingerprint density at radius 1 is 1.29 bits per heavy atom. The van der Waals surface area contributed by atoms with Gasteiger partial charge in [-0.15, -0.1) is 0 Å². The summed E-state index contributed by atoms with van der Waals surface area (Å²) in [6.07, 6.45) is 3.97. The Labute approximate surface area is 108 Å². The van der Waals surface area contributed by atoms with Crippen LogP contribution in [0.25, 0.3) is 0 Å². The number of hydrogen-bond acceptors (Lipinski definition) is 3. The molecule has 0 radical (unpaired) electrons. The highest BCUT2D eigenvalue weighted by Gasteiger charge is 2.23. The highest BCUT2D eigenvalue weighted by atomic mass is 15.2. The average molecular weight is 241 g/mol. The lowest BCUT2D eigenvalue weighted by Crippen LogP contribution is -2.43. The minimum Gasteiger partial charge on any atom is -0.314 e. The van der Waals surface area contributed by atoms with Crippen molar-refractivity contribution in [3.63, 3.8) is 0 Å². The second-order valence-corrected chi connectivity index (χ2v) is 5.73. The van der Waals surface area contributed by atoms with Crippen molar-refractivity contribution in [2.75, 3.05) is 46.8 Å². The van der Waals surface area contributed by atoms with Gasteiger partial charge in [-0.25, -0.2) is 0 Å². The highest BCUT2D eigenvalue weighted by Crippen LogP contribution is 2.20. The normalized spacial score (nSPS) is 21.0. The SMILES string of the molecule is CCCNC(C)C1CCN(CCN(C)C)CC1. The standard InChI is InChI=1S/C14H31N3/c1-5-8-15-13(2)14-6-9-17(10-7-14)12-11-16(3)4/h13-15H,5-12H2,1-4H3. The molecule has 1 atom stereocenters. The first-order chi connectivity index (χ1) is 8.13. The predicted molar refractivity (Wildman–Crippen MR) is 75.5 cm³/mol. The molecule has 1 aliphatic heterocycles. The van der Waals surface area contributed by atoms with Crippen LogP contribution >= 0.6 is 0 Å². The van der Waals surface area contributed by atoms with Gasteiger partial charge in [0.05, 0.1) is 0 Å². The molecule has 0 aromatic heterocycles. The molecule has 1 aliphatic rings. The summed E-state index contributed by atoms with van der Waals surface area (Å²) in [6.45, 7) is 10.8. The summed E-state index contributed by atoms with van der Waals surface area (Å²) in [5, 5.41) is 3.64. The average Bonchev–Trinajstić information content (AvgIpc) is 2.34. The number of piperidine rings is 1. The van der Waals surface area contributed by atoms with E-state index >= 15 is 0 Å². The fourth-order valence-corrected chi connectivity index (χ4v) is 2.56. The quantitative estimate of drug-likeness (QED) is 0.731. The Hall–Kier alpha value is -0.120. The van der Waals surface area contributed by atoms with Crippen LogP contribution in [0.2, 0.25) is 0 Å². The summed E-state index contributed by atoms with van der Waals surface area (Å²) in [4.78, 5) is 4.89. The smallest absolute Gasteiger partial charge is 0.0109 e. The zero-order valence-corrected chi connectivity index (χ0v) is 12.2. The van der Waals surface area contributed by atoms with Gasteiger partial charge >= 0.3 is 0 Å². The van der Waals surface area contributed by atoms with Gasteiger partial charge in [-0.2, -0.15) is 0 Å². The maximum atomic E-state index is 3.64. The fraction of sp³-hybridized carbons (Fsp3) is 1.00. The van der Waals surface area contributed by atoms with E-state index in [-0.39, 0.29) is 0 Å². The van der Waals surface area contributed by atoms with E-state index < -0.39 is 0 Å². The van der Waals surface area contributed by atoms with Gasteiger partial charge in [0.1, 0.15) is 0 Å². The first-order valence-corrected chi connectivity index (χ1v) is 7.24. The molecule has 1 heterocycles. The van der Waals surface area contributed by atoms with Crippen molar-refractivity contribution >= 4 is 0 Å². The lowest BCUT2D eigenvalue weighted by Gasteiger charge is -2.35. The number of hydrogen-bond donors (Lipinski definition) is 1. The third-order valence-corrected chi connectivity index (χ3v) is 3.92. The van der Waals surface area contributed by atoms with Crippen LogP contribution < -0.4 is 5.32 Å². The van der Waals surface area contributed by atoms with E-state index in [0.29, 0.717) is 6.04 Å². The Morgan fingerprint density at radius 3 is 2.47 bits per heavy atom. The van der Waals surface area contributed by atoms with Gasteiger partial charge in [-0.05, 0) is 65.8 Å². The zero-order chi connectivity index (χ0) is 12.7. The van der Waals surface area contributed by atoms with Crippen LogP contribution in [0, 0.1) is 5.92 Å². The van der Waals surface area contributed by atoms with Gasteiger partial charge in [-0.3, -0.25) is 0 Å². The van der Waals surface area contributed by atoms with Crippen molar-refractivity contribution < 1.29 is 0 Å². The molecule has 1 fully saturated rings. The lowest BCUT2D eigenvalue weighted by atomic mass is 9.90. The lowest BCUT2D eigenvalue weighted by molar-refractivity contribution is 0.152. The molecule has 1 saturated heterocycles. The van der Waals surface area contributed by atoms with Gasteiger partial charge in [-0.1, -0.05) is 6.92 Å². The van der Waals surface area contributed by atoms with Crippen molar-refractivity contribution in [3.8, 4) is 0 Å². The van der Waals surface area contributed by atoms with Gasteiger partial charge in [0.2, 0.25) is 0 Å².